The predicted octanol–water partition coefficient (Wildman–Crippen LogP) is 2.90. The lowest BCUT2D eigenvalue weighted by Crippen LogP contribution is -2.14. The lowest BCUT2D eigenvalue weighted by atomic mass is 10.3. The van der Waals surface area contributed by atoms with Gasteiger partial charge in [-0.3, -0.25) is 4.72 Å². The number of aryl methyl sites for hydroxylation is 2. The van der Waals surface area contributed by atoms with Gasteiger partial charge in [-0.2, -0.15) is 8.42 Å². The third-order valence-corrected chi connectivity index (χ3v) is 5.20. The summed E-state index contributed by atoms with van der Waals surface area (Å²) in [5.41, 5.74) is 0.526. The quantitative estimate of drug-likeness (QED) is 0.723. The van der Waals surface area contributed by atoms with Crippen molar-refractivity contribution in [2.24, 2.45) is 7.05 Å². The molecule has 1 aromatic carbocycles. The summed E-state index contributed by atoms with van der Waals surface area (Å²) in [6.07, 6.45) is 1.49. The van der Waals surface area contributed by atoms with E-state index < -0.39 is 10.0 Å². The maximum absolute atomic E-state index is 12.2. The highest BCUT2D eigenvalue weighted by atomic mass is 127. The number of nitrogens with zero attached hydrogens (tertiary/aromatic N) is 2. The number of rotatable bonds is 3. The van der Waals surface area contributed by atoms with Gasteiger partial charge >= 0.3 is 0 Å². The molecule has 1 N–H and O–H groups in total. The molecular weight excluding hydrogens is 445 g/mol. The van der Waals surface area contributed by atoms with Crippen LogP contribution in [0, 0.1) is 10.5 Å². The van der Waals surface area contributed by atoms with Crippen LogP contribution in [-0.4, -0.2) is 18.0 Å². The first-order chi connectivity index (χ1) is 8.79. The molecule has 0 radical (unpaired) electrons. The lowest BCUT2D eigenvalue weighted by molar-refractivity contribution is 0.598. The van der Waals surface area contributed by atoms with Gasteiger partial charge < -0.3 is 4.57 Å². The van der Waals surface area contributed by atoms with Crippen LogP contribution in [0.2, 0.25) is 0 Å². The monoisotopic (exact) mass is 455 g/mol. The van der Waals surface area contributed by atoms with Crippen LogP contribution in [0.5, 0.6) is 0 Å². The number of hydrogen-bond acceptors (Lipinski definition) is 3. The Morgan fingerprint density at radius 2 is 2.11 bits per heavy atom. The van der Waals surface area contributed by atoms with E-state index in [-0.39, 0.29) is 5.03 Å². The molecule has 0 amide bonds. The SMILES string of the molecule is Cc1nc(S(=O)(=O)Nc2cc(Br)ccc2I)cn1C. The molecule has 0 fully saturated rings. The summed E-state index contributed by atoms with van der Waals surface area (Å²) in [4.78, 5) is 4.03. The van der Waals surface area contributed by atoms with Crippen molar-refractivity contribution in [3.8, 4) is 0 Å². The van der Waals surface area contributed by atoms with Crippen molar-refractivity contribution in [3.63, 3.8) is 0 Å². The predicted molar refractivity (Wildman–Crippen MR) is 85.6 cm³/mol. The fourth-order valence-electron chi connectivity index (χ4n) is 1.43. The van der Waals surface area contributed by atoms with E-state index >= 15 is 0 Å². The van der Waals surface area contributed by atoms with Gasteiger partial charge in [0.05, 0.1) is 5.69 Å². The van der Waals surface area contributed by atoms with Crippen LogP contribution >= 0.6 is 38.5 Å². The van der Waals surface area contributed by atoms with Gasteiger partial charge in [-0.1, -0.05) is 15.9 Å². The van der Waals surface area contributed by atoms with Crippen molar-refractivity contribution in [1.29, 1.82) is 0 Å². The number of sulfonamides is 1. The number of benzene rings is 1. The Kier molecular flexibility index (Phi) is 4.21. The highest BCUT2D eigenvalue weighted by Crippen LogP contribution is 2.25. The van der Waals surface area contributed by atoms with Gasteiger partial charge in [-0.15, -0.1) is 0 Å². The first-order valence-corrected chi connectivity index (χ1v) is 8.63. The third kappa shape index (κ3) is 3.29. The maximum atomic E-state index is 12.2. The fourth-order valence-corrected chi connectivity index (χ4v) is 3.56. The average Bonchev–Trinajstić information content (AvgIpc) is 2.65. The van der Waals surface area contributed by atoms with E-state index in [1.54, 1.807) is 24.6 Å². The van der Waals surface area contributed by atoms with Crippen LogP contribution < -0.4 is 4.72 Å². The molecule has 0 spiro atoms. The van der Waals surface area contributed by atoms with Crippen molar-refractivity contribution in [2.75, 3.05) is 4.72 Å². The summed E-state index contributed by atoms with van der Waals surface area (Å²) in [5.74, 6) is 0.643. The molecule has 102 valence electrons. The maximum Gasteiger partial charge on any atom is 0.280 e. The topological polar surface area (TPSA) is 64.0 Å². The van der Waals surface area contributed by atoms with Gasteiger partial charge in [-0.05, 0) is 47.7 Å². The zero-order valence-electron chi connectivity index (χ0n) is 10.2. The minimum Gasteiger partial charge on any atom is -0.337 e. The minimum atomic E-state index is -3.66. The van der Waals surface area contributed by atoms with E-state index in [0.29, 0.717) is 11.5 Å². The first-order valence-electron chi connectivity index (χ1n) is 5.27. The average molecular weight is 456 g/mol. The fraction of sp³-hybridized carbons (Fsp3) is 0.182. The van der Waals surface area contributed by atoms with Crippen LogP contribution in [0.25, 0.3) is 0 Å². The number of anilines is 1. The highest BCUT2D eigenvalue weighted by Gasteiger charge is 2.19. The summed E-state index contributed by atoms with van der Waals surface area (Å²) < 4.78 is 30.3. The largest absolute Gasteiger partial charge is 0.337 e. The summed E-state index contributed by atoms with van der Waals surface area (Å²) in [5, 5.41) is 0.0169. The number of imidazole rings is 1. The second-order valence-electron chi connectivity index (χ2n) is 3.97. The van der Waals surface area contributed by atoms with E-state index in [1.165, 1.54) is 6.20 Å². The Morgan fingerprint density at radius 3 is 2.68 bits per heavy atom. The summed E-state index contributed by atoms with van der Waals surface area (Å²) in [6.45, 7) is 1.75. The third-order valence-electron chi connectivity index (χ3n) is 2.53. The lowest BCUT2D eigenvalue weighted by Gasteiger charge is -2.08. The van der Waals surface area contributed by atoms with Crippen LogP contribution in [0.3, 0.4) is 0 Å². The molecule has 1 aromatic heterocycles. The molecule has 0 aliphatic rings. The van der Waals surface area contributed by atoms with Crippen LogP contribution in [0.1, 0.15) is 5.82 Å². The summed E-state index contributed by atoms with van der Waals surface area (Å²) in [6, 6.07) is 5.39. The Balaban J connectivity index is 2.39. The van der Waals surface area contributed by atoms with Gasteiger partial charge in [0, 0.05) is 21.3 Å². The second-order valence-corrected chi connectivity index (χ2v) is 7.67. The molecule has 2 aromatic rings. The molecule has 2 rings (SSSR count). The zero-order chi connectivity index (χ0) is 14.2. The van der Waals surface area contributed by atoms with Crippen LogP contribution in [0.4, 0.5) is 5.69 Å². The van der Waals surface area contributed by atoms with Crippen molar-refractivity contribution in [1.82, 2.24) is 9.55 Å². The van der Waals surface area contributed by atoms with E-state index in [4.69, 9.17) is 0 Å². The molecule has 0 aliphatic heterocycles. The Bertz CT molecular complexity index is 708. The molecular formula is C11H11BrIN3O2S. The molecule has 8 heteroatoms. The van der Waals surface area contributed by atoms with Gasteiger partial charge in [0.2, 0.25) is 0 Å². The standard InChI is InChI=1S/C11H11BrIN3O2S/c1-7-14-11(6-16(7)2)19(17,18)15-10-5-8(12)3-4-9(10)13/h3-6,15H,1-2H3. The minimum absolute atomic E-state index is 0.0169. The van der Waals surface area contributed by atoms with E-state index in [2.05, 4.69) is 48.2 Å². The Labute approximate surface area is 133 Å². The Morgan fingerprint density at radius 1 is 1.42 bits per heavy atom. The van der Waals surface area contributed by atoms with Gasteiger partial charge in [0.25, 0.3) is 10.0 Å². The molecule has 0 aliphatic carbocycles. The Hall–Kier alpha value is -0.610. The van der Waals surface area contributed by atoms with Crippen LogP contribution in [0.15, 0.2) is 33.9 Å². The molecule has 1 heterocycles. The molecule has 0 unspecified atom stereocenters. The molecule has 0 bridgehead atoms. The number of nitrogens with one attached hydrogen (secondary N) is 1. The second kappa shape index (κ2) is 5.41. The van der Waals surface area contributed by atoms with E-state index in [0.717, 1.165) is 8.04 Å². The molecule has 0 saturated carbocycles. The summed E-state index contributed by atoms with van der Waals surface area (Å²) in [7, 11) is -1.91. The van der Waals surface area contributed by atoms with Crippen molar-refractivity contribution < 1.29 is 8.42 Å². The van der Waals surface area contributed by atoms with E-state index in [9.17, 15) is 8.42 Å². The zero-order valence-corrected chi connectivity index (χ0v) is 14.7. The van der Waals surface area contributed by atoms with Crippen molar-refractivity contribution >= 4 is 54.2 Å². The molecule has 0 atom stereocenters. The van der Waals surface area contributed by atoms with E-state index in [1.807, 2.05) is 12.1 Å². The number of hydrogen-bond donors (Lipinski definition) is 1. The van der Waals surface area contributed by atoms with Crippen LogP contribution in [-0.2, 0) is 17.1 Å². The number of halogens is 2. The normalized spacial score (nSPS) is 11.6. The smallest absolute Gasteiger partial charge is 0.280 e. The van der Waals surface area contributed by atoms with Crippen molar-refractivity contribution in [2.45, 2.75) is 11.9 Å². The first kappa shape index (κ1) is 14.8. The highest BCUT2D eigenvalue weighted by molar-refractivity contribution is 14.1. The van der Waals surface area contributed by atoms with Gasteiger partial charge in [-0.25, -0.2) is 4.98 Å². The molecule has 0 saturated heterocycles. The van der Waals surface area contributed by atoms with Crippen molar-refractivity contribution in [3.05, 3.63) is 38.3 Å². The molecule has 5 nitrogen and oxygen atoms in total. The van der Waals surface area contributed by atoms with Gasteiger partial charge in [0.15, 0.2) is 5.03 Å². The molecule has 19 heavy (non-hydrogen) atoms. The number of aromatic nitrogens is 2. The summed E-state index contributed by atoms with van der Waals surface area (Å²) >= 11 is 5.39. The van der Waals surface area contributed by atoms with Gasteiger partial charge in [0.1, 0.15) is 5.82 Å².